The van der Waals surface area contributed by atoms with Gasteiger partial charge in [-0.05, 0) is 57.0 Å². The van der Waals surface area contributed by atoms with E-state index >= 15 is 0 Å². The van der Waals surface area contributed by atoms with Gasteiger partial charge in [0.1, 0.15) is 12.0 Å². The Bertz CT molecular complexity index is 969. The number of rotatable bonds is 4. The summed E-state index contributed by atoms with van der Waals surface area (Å²) in [5.41, 5.74) is 1.68. The normalized spacial score (nSPS) is 26.3. The molecule has 0 aliphatic carbocycles. The first-order valence-corrected chi connectivity index (χ1v) is 9.85. The fourth-order valence-corrected chi connectivity index (χ4v) is 4.61. The van der Waals surface area contributed by atoms with Crippen LogP contribution in [0.4, 0.5) is 0 Å². The number of hydrogen-bond acceptors (Lipinski definition) is 5. The number of benzene rings is 1. The molecule has 0 saturated carbocycles. The van der Waals surface area contributed by atoms with Crippen LogP contribution in [-0.2, 0) is 0 Å². The molecule has 0 unspecified atom stereocenters. The number of carbonyl (C=O) groups excluding carboxylic acids is 1. The zero-order valence-corrected chi connectivity index (χ0v) is 15.8. The summed E-state index contributed by atoms with van der Waals surface area (Å²) >= 11 is 0. The fraction of sp³-hybridized carbons (Fsp3) is 0.364. The Balaban J connectivity index is 1.38. The van der Waals surface area contributed by atoms with Gasteiger partial charge in [-0.1, -0.05) is 18.2 Å². The zero-order valence-electron chi connectivity index (χ0n) is 15.8. The number of oxazole rings is 1. The van der Waals surface area contributed by atoms with Crippen LogP contribution in [0.25, 0.3) is 22.8 Å². The molecule has 3 aromatic rings. The molecule has 3 aliphatic heterocycles. The van der Waals surface area contributed by atoms with Crippen molar-refractivity contribution in [1.82, 2.24) is 15.2 Å². The van der Waals surface area contributed by atoms with Crippen molar-refractivity contribution in [3.8, 4) is 22.8 Å². The van der Waals surface area contributed by atoms with Gasteiger partial charge in [-0.3, -0.25) is 9.69 Å². The van der Waals surface area contributed by atoms with Gasteiger partial charge in [-0.15, -0.1) is 0 Å². The highest BCUT2D eigenvalue weighted by Gasteiger charge is 2.40. The molecule has 2 aromatic heterocycles. The molecule has 1 N–H and O–H groups in total. The van der Waals surface area contributed by atoms with E-state index in [0.29, 0.717) is 29.4 Å². The van der Waals surface area contributed by atoms with Crippen molar-refractivity contribution in [2.75, 3.05) is 13.1 Å². The van der Waals surface area contributed by atoms with Gasteiger partial charge in [-0.25, -0.2) is 4.98 Å². The average Bonchev–Trinajstić information content (AvgIpc) is 3.43. The summed E-state index contributed by atoms with van der Waals surface area (Å²) < 4.78 is 11.4. The minimum absolute atomic E-state index is 0.148. The Morgan fingerprint density at radius 2 is 1.93 bits per heavy atom. The van der Waals surface area contributed by atoms with E-state index in [1.165, 1.54) is 0 Å². The number of fused-ring (bicyclic) bond motifs is 3. The molecular weight excluding hydrogens is 354 g/mol. The van der Waals surface area contributed by atoms with Crippen LogP contribution in [0, 0.1) is 5.92 Å². The highest BCUT2D eigenvalue weighted by Crippen LogP contribution is 2.34. The third-order valence-electron chi connectivity index (χ3n) is 6.16. The summed E-state index contributed by atoms with van der Waals surface area (Å²) in [6.45, 7) is 4.48. The fourth-order valence-electron chi connectivity index (χ4n) is 4.61. The lowest BCUT2D eigenvalue weighted by atomic mass is 9.79. The Morgan fingerprint density at radius 1 is 1.14 bits per heavy atom. The predicted octanol–water partition coefficient (Wildman–Crippen LogP) is 3.81. The maximum atomic E-state index is 12.8. The van der Waals surface area contributed by atoms with Crippen LogP contribution < -0.4 is 5.32 Å². The minimum atomic E-state index is -0.148. The van der Waals surface area contributed by atoms with E-state index in [1.54, 1.807) is 18.5 Å². The van der Waals surface area contributed by atoms with Crippen molar-refractivity contribution in [1.29, 1.82) is 0 Å². The van der Waals surface area contributed by atoms with E-state index in [1.807, 2.05) is 30.3 Å². The molecule has 6 nitrogen and oxygen atoms in total. The van der Waals surface area contributed by atoms with Crippen LogP contribution >= 0.6 is 0 Å². The van der Waals surface area contributed by atoms with Gasteiger partial charge in [0.2, 0.25) is 5.89 Å². The van der Waals surface area contributed by atoms with E-state index in [4.69, 9.17) is 8.83 Å². The Labute approximate surface area is 163 Å². The largest absolute Gasteiger partial charge is 0.451 e. The number of nitrogens with one attached hydrogen (secondary N) is 1. The summed E-state index contributed by atoms with van der Waals surface area (Å²) in [6, 6.07) is 11.8. The molecule has 0 radical (unpaired) electrons. The third-order valence-corrected chi connectivity index (χ3v) is 6.16. The zero-order chi connectivity index (χ0) is 19.1. The van der Waals surface area contributed by atoms with Gasteiger partial charge < -0.3 is 14.2 Å². The van der Waals surface area contributed by atoms with Gasteiger partial charge in [0.05, 0.1) is 6.20 Å². The Hall–Kier alpha value is -2.86. The van der Waals surface area contributed by atoms with Crippen LogP contribution in [0.2, 0.25) is 0 Å². The first kappa shape index (κ1) is 17.3. The average molecular weight is 377 g/mol. The first-order chi connectivity index (χ1) is 13.7. The van der Waals surface area contributed by atoms with Crippen LogP contribution in [0.1, 0.15) is 30.3 Å². The summed E-state index contributed by atoms with van der Waals surface area (Å²) in [5, 5.41) is 3.22. The van der Waals surface area contributed by atoms with Gasteiger partial charge >= 0.3 is 0 Å². The molecule has 3 fully saturated rings. The van der Waals surface area contributed by atoms with Gasteiger partial charge in [-0.2, -0.15) is 0 Å². The summed E-state index contributed by atoms with van der Waals surface area (Å²) in [6.07, 6.45) is 5.47. The quantitative estimate of drug-likeness (QED) is 0.748. The van der Waals surface area contributed by atoms with Crippen molar-refractivity contribution >= 4 is 5.91 Å². The maximum Gasteiger partial charge on any atom is 0.287 e. The smallest absolute Gasteiger partial charge is 0.287 e. The van der Waals surface area contributed by atoms with Gasteiger partial charge in [0.15, 0.2) is 5.76 Å². The molecule has 1 amide bonds. The highest BCUT2D eigenvalue weighted by atomic mass is 16.4. The first-order valence-electron chi connectivity index (χ1n) is 9.85. The van der Waals surface area contributed by atoms with E-state index < -0.39 is 0 Å². The van der Waals surface area contributed by atoms with E-state index in [-0.39, 0.29) is 11.9 Å². The summed E-state index contributed by atoms with van der Waals surface area (Å²) in [7, 11) is 0. The lowest BCUT2D eigenvalue weighted by Crippen LogP contribution is -2.62. The molecule has 28 heavy (non-hydrogen) atoms. The minimum Gasteiger partial charge on any atom is -0.451 e. The summed E-state index contributed by atoms with van der Waals surface area (Å²) in [4.78, 5) is 19.5. The third kappa shape index (κ3) is 2.94. The van der Waals surface area contributed by atoms with E-state index in [2.05, 4.69) is 22.1 Å². The van der Waals surface area contributed by atoms with Gasteiger partial charge in [0.25, 0.3) is 5.91 Å². The second-order valence-corrected chi connectivity index (χ2v) is 7.66. The lowest BCUT2D eigenvalue weighted by molar-refractivity contribution is 0.0211. The number of piperidine rings is 3. The molecule has 3 aliphatic rings. The molecule has 5 heterocycles. The molecule has 144 valence electrons. The molecule has 1 aromatic carbocycles. The number of aromatic nitrogens is 1. The van der Waals surface area contributed by atoms with Gasteiger partial charge in [0, 0.05) is 23.2 Å². The molecule has 6 rings (SSSR count). The molecule has 3 saturated heterocycles. The number of nitrogens with zero attached hydrogens (tertiary/aromatic N) is 2. The summed E-state index contributed by atoms with van der Waals surface area (Å²) in [5.74, 6) is 1.90. The molecule has 2 bridgehead atoms. The van der Waals surface area contributed by atoms with Crippen LogP contribution in [0.3, 0.4) is 0 Å². The number of hydrogen-bond donors (Lipinski definition) is 1. The van der Waals surface area contributed by atoms with Crippen molar-refractivity contribution < 1.29 is 13.6 Å². The Morgan fingerprint density at radius 3 is 2.64 bits per heavy atom. The van der Waals surface area contributed by atoms with Crippen LogP contribution in [0.5, 0.6) is 0 Å². The standard InChI is InChI=1S/C22H23N3O3/c1-14-20(15-8-11-25(14)12-9-15)24-21(26)19-7-6-18(28-19)16-4-2-3-5-17(16)22-23-10-13-27-22/h2-7,10,13-15,20H,8-9,11-12H2,1H3,(H,24,26)/t14-,20+/m1/s1. The number of furan rings is 1. The van der Waals surface area contributed by atoms with Crippen molar-refractivity contribution in [2.45, 2.75) is 31.8 Å². The molecule has 6 heteroatoms. The van der Waals surface area contributed by atoms with E-state index in [0.717, 1.165) is 37.1 Å². The number of carbonyl (C=O) groups is 1. The maximum absolute atomic E-state index is 12.8. The lowest BCUT2D eigenvalue weighted by Gasteiger charge is -2.49. The van der Waals surface area contributed by atoms with Crippen LogP contribution in [-0.4, -0.2) is 41.0 Å². The second-order valence-electron chi connectivity index (χ2n) is 7.66. The number of amides is 1. The monoisotopic (exact) mass is 377 g/mol. The SMILES string of the molecule is C[C@@H]1[C@H](NC(=O)c2ccc(-c3ccccc3-c3ncco3)o2)C2CCN1CC2. The molecule has 0 spiro atoms. The topological polar surface area (TPSA) is 71.5 Å². The van der Waals surface area contributed by atoms with E-state index in [9.17, 15) is 4.79 Å². The Kier molecular flexibility index (Phi) is 4.28. The molecule has 2 atom stereocenters. The van der Waals surface area contributed by atoms with Crippen LogP contribution in [0.15, 0.2) is 57.7 Å². The van der Waals surface area contributed by atoms with Crippen molar-refractivity contribution in [3.05, 3.63) is 54.6 Å². The predicted molar refractivity (Wildman–Crippen MR) is 105 cm³/mol. The highest BCUT2D eigenvalue weighted by molar-refractivity contribution is 5.92. The van der Waals surface area contributed by atoms with Crippen molar-refractivity contribution in [3.63, 3.8) is 0 Å². The second kappa shape index (κ2) is 6.95. The molecular formula is C22H23N3O3. The van der Waals surface area contributed by atoms with Crippen molar-refractivity contribution in [2.24, 2.45) is 5.92 Å².